The lowest BCUT2D eigenvalue weighted by Crippen LogP contribution is -2.10. The van der Waals surface area contributed by atoms with E-state index in [1.807, 2.05) is 13.8 Å². The third kappa shape index (κ3) is 4.70. The van der Waals surface area contributed by atoms with Crippen LogP contribution in [-0.4, -0.2) is 44.5 Å². The van der Waals surface area contributed by atoms with Crippen molar-refractivity contribution in [1.82, 2.24) is 15.0 Å². The largest absolute Gasteiger partial charge is 0.508 e. The van der Waals surface area contributed by atoms with Gasteiger partial charge in [-0.15, -0.1) is 0 Å². The summed E-state index contributed by atoms with van der Waals surface area (Å²) in [6.07, 6.45) is 1.40. The third-order valence-corrected chi connectivity index (χ3v) is 2.69. The molecule has 1 aromatic carbocycles. The maximum Gasteiger partial charge on any atom is 0.250 e. The fourth-order valence-electron chi connectivity index (χ4n) is 1.70. The summed E-state index contributed by atoms with van der Waals surface area (Å²) in [6.45, 7) is 5.24. The highest BCUT2D eigenvalue weighted by molar-refractivity contribution is 5.84. The van der Waals surface area contributed by atoms with Crippen LogP contribution in [0.15, 0.2) is 23.3 Å². The lowest BCUT2D eigenvalue weighted by molar-refractivity contribution is 0.450. The number of rotatable bonds is 7. The molecule has 1 heterocycles. The summed E-state index contributed by atoms with van der Waals surface area (Å²) in [4.78, 5) is 12.5. The first-order valence-corrected chi connectivity index (χ1v) is 7.17. The minimum absolute atomic E-state index is 0.0179. The molecule has 0 saturated carbocycles. The van der Waals surface area contributed by atoms with Crippen molar-refractivity contribution < 1.29 is 10.2 Å². The Morgan fingerprint density at radius 2 is 1.61 bits per heavy atom. The minimum atomic E-state index is -0.0760. The van der Waals surface area contributed by atoms with Crippen LogP contribution in [0.25, 0.3) is 0 Å². The fraction of sp³-hybridized carbons (Fsp3) is 0.286. The number of aromatic hydroxyl groups is 2. The SMILES string of the molecule is CCNc1nc(NCC)nc(N/N=C/c2ccc(O)cc2O)n1. The molecule has 9 nitrogen and oxygen atoms in total. The number of aromatic nitrogens is 3. The first-order valence-electron chi connectivity index (χ1n) is 7.17. The molecule has 5 N–H and O–H groups in total. The van der Waals surface area contributed by atoms with Crippen molar-refractivity contribution in [1.29, 1.82) is 0 Å². The molecule has 0 aliphatic heterocycles. The van der Waals surface area contributed by atoms with Gasteiger partial charge >= 0.3 is 0 Å². The average Bonchev–Trinajstić information content (AvgIpc) is 2.50. The van der Waals surface area contributed by atoms with Crippen LogP contribution in [0.4, 0.5) is 17.8 Å². The molecule has 0 atom stereocenters. The van der Waals surface area contributed by atoms with Crippen molar-refractivity contribution >= 4 is 24.1 Å². The molecule has 0 amide bonds. The summed E-state index contributed by atoms with van der Waals surface area (Å²) in [6, 6.07) is 4.23. The zero-order valence-corrected chi connectivity index (χ0v) is 12.9. The van der Waals surface area contributed by atoms with Crippen LogP contribution < -0.4 is 16.1 Å². The normalized spacial score (nSPS) is 10.7. The zero-order valence-electron chi connectivity index (χ0n) is 12.9. The molecule has 0 bridgehead atoms. The maximum atomic E-state index is 9.68. The molecule has 2 aromatic rings. The van der Waals surface area contributed by atoms with Gasteiger partial charge in [0.15, 0.2) is 0 Å². The second kappa shape index (κ2) is 7.78. The summed E-state index contributed by atoms with van der Waals surface area (Å²) in [5, 5.41) is 28.9. The quantitative estimate of drug-likeness (QED) is 0.385. The highest BCUT2D eigenvalue weighted by Gasteiger charge is 2.05. The molecule has 0 fully saturated rings. The molecular weight excluding hydrogens is 298 g/mol. The molecule has 2 rings (SSSR count). The van der Waals surface area contributed by atoms with Gasteiger partial charge in [-0.2, -0.15) is 20.1 Å². The number of nitrogens with one attached hydrogen (secondary N) is 3. The van der Waals surface area contributed by atoms with Crippen LogP contribution in [0.3, 0.4) is 0 Å². The Hall–Kier alpha value is -3.10. The Kier molecular flexibility index (Phi) is 5.50. The van der Waals surface area contributed by atoms with Crippen molar-refractivity contribution in [2.75, 3.05) is 29.1 Å². The van der Waals surface area contributed by atoms with E-state index in [0.29, 0.717) is 30.5 Å². The van der Waals surface area contributed by atoms with Crippen molar-refractivity contribution in [3.05, 3.63) is 23.8 Å². The second-order valence-corrected chi connectivity index (χ2v) is 4.48. The first kappa shape index (κ1) is 16.3. The number of benzene rings is 1. The van der Waals surface area contributed by atoms with Gasteiger partial charge in [-0.25, -0.2) is 5.43 Å². The molecule has 0 spiro atoms. The first-order chi connectivity index (χ1) is 11.1. The van der Waals surface area contributed by atoms with Crippen molar-refractivity contribution in [3.63, 3.8) is 0 Å². The van der Waals surface area contributed by atoms with Gasteiger partial charge in [0.2, 0.25) is 17.8 Å². The molecular formula is C14H19N7O2. The van der Waals surface area contributed by atoms with Crippen LogP contribution in [0.5, 0.6) is 11.5 Å². The van der Waals surface area contributed by atoms with Gasteiger partial charge in [0.05, 0.1) is 6.21 Å². The van der Waals surface area contributed by atoms with E-state index in [9.17, 15) is 10.2 Å². The number of hydrogen-bond acceptors (Lipinski definition) is 9. The van der Waals surface area contributed by atoms with Crippen LogP contribution in [0.2, 0.25) is 0 Å². The third-order valence-electron chi connectivity index (χ3n) is 2.69. The molecule has 0 unspecified atom stereocenters. The van der Waals surface area contributed by atoms with Gasteiger partial charge < -0.3 is 20.8 Å². The predicted molar refractivity (Wildman–Crippen MR) is 89.1 cm³/mol. The monoisotopic (exact) mass is 317 g/mol. The van der Waals surface area contributed by atoms with Crippen LogP contribution >= 0.6 is 0 Å². The van der Waals surface area contributed by atoms with Gasteiger partial charge in [0, 0.05) is 24.7 Å². The zero-order chi connectivity index (χ0) is 16.7. The highest BCUT2D eigenvalue weighted by Crippen LogP contribution is 2.20. The summed E-state index contributed by atoms with van der Waals surface area (Å²) in [7, 11) is 0. The van der Waals surface area contributed by atoms with Crippen LogP contribution in [0, 0.1) is 0 Å². The molecule has 9 heteroatoms. The maximum absolute atomic E-state index is 9.68. The lowest BCUT2D eigenvalue weighted by Gasteiger charge is -2.07. The summed E-state index contributed by atoms with van der Waals surface area (Å²) < 4.78 is 0. The van der Waals surface area contributed by atoms with Crippen molar-refractivity contribution in [2.24, 2.45) is 5.10 Å². The number of anilines is 3. The smallest absolute Gasteiger partial charge is 0.250 e. The van der Waals surface area contributed by atoms with E-state index in [1.54, 1.807) is 0 Å². The molecule has 0 radical (unpaired) electrons. The summed E-state index contributed by atoms with van der Waals surface area (Å²) in [5.41, 5.74) is 3.13. The average molecular weight is 317 g/mol. The Bertz CT molecular complexity index is 667. The molecule has 122 valence electrons. The topological polar surface area (TPSA) is 128 Å². The number of hydrazone groups is 1. The summed E-state index contributed by atoms with van der Waals surface area (Å²) in [5.74, 6) is 1.04. The molecule has 0 aliphatic rings. The van der Waals surface area contributed by atoms with E-state index in [1.165, 1.54) is 24.4 Å². The van der Waals surface area contributed by atoms with E-state index < -0.39 is 0 Å². The van der Waals surface area contributed by atoms with Crippen molar-refractivity contribution in [3.8, 4) is 11.5 Å². The number of phenolic OH excluding ortho intramolecular Hbond substituents is 2. The van der Waals surface area contributed by atoms with E-state index >= 15 is 0 Å². The van der Waals surface area contributed by atoms with E-state index in [0.717, 1.165) is 0 Å². The molecule has 1 aromatic heterocycles. The van der Waals surface area contributed by atoms with Gasteiger partial charge in [0.25, 0.3) is 0 Å². The molecule has 0 saturated heterocycles. The second-order valence-electron chi connectivity index (χ2n) is 4.48. The van der Waals surface area contributed by atoms with E-state index in [4.69, 9.17) is 0 Å². The Morgan fingerprint density at radius 1 is 1.00 bits per heavy atom. The van der Waals surface area contributed by atoms with Crippen LogP contribution in [0.1, 0.15) is 19.4 Å². The van der Waals surface area contributed by atoms with Crippen LogP contribution in [-0.2, 0) is 0 Å². The Balaban J connectivity index is 2.13. The standard InChI is InChI=1S/C14H19N7O2/c1-3-15-12-18-13(16-4-2)20-14(19-12)21-17-8-9-5-6-10(22)7-11(9)23/h5-8,22-23H,3-4H2,1-2H3,(H3,15,16,18,19,20,21)/b17-8+. The van der Waals surface area contributed by atoms with Gasteiger partial charge in [0.1, 0.15) is 11.5 Å². The number of phenols is 2. The summed E-state index contributed by atoms with van der Waals surface area (Å²) >= 11 is 0. The van der Waals surface area contributed by atoms with E-state index in [2.05, 4.69) is 36.1 Å². The Labute approximate surface area is 133 Å². The Morgan fingerprint density at radius 3 is 2.17 bits per heavy atom. The minimum Gasteiger partial charge on any atom is -0.508 e. The molecule has 0 aliphatic carbocycles. The highest BCUT2D eigenvalue weighted by atomic mass is 16.3. The number of hydrogen-bond donors (Lipinski definition) is 5. The predicted octanol–water partition coefficient (Wildman–Crippen LogP) is 1.59. The lowest BCUT2D eigenvalue weighted by atomic mass is 10.2. The number of nitrogens with zero attached hydrogens (tertiary/aromatic N) is 4. The van der Waals surface area contributed by atoms with Gasteiger partial charge in [-0.05, 0) is 26.0 Å². The van der Waals surface area contributed by atoms with Gasteiger partial charge in [-0.3, -0.25) is 0 Å². The molecule has 23 heavy (non-hydrogen) atoms. The van der Waals surface area contributed by atoms with Crippen molar-refractivity contribution in [2.45, 2.75) is 13.8 Å². The van der Waals surface area contributed by atoms with E-state index in [-0.39, 0.29) is 17.4 Å². The fourth-order valence-corrected chi connectivity index (χ4v) is 1.70. The van der Waals surface area contributed by atoms with Gasteiger partial charge in [-0.1, -0.05) is 0 Å².